The first-order valence-electron chi connectivity index (χ1n) is 8.50. The molecular weight excluding hydrogens is 368 g/mol. The predicted octanol–water partition coefficient (Wildman–Crippen LogP) is 2.93. The van der Waals surface area contributed by atoms with Crippen LogP contribution in [0.2, 0.25) is 0 Å². The predicted molar refractivity (Wildman–Crippen MR) is 98.1 cm³/mol. The van der Waals surface area contributed by atoms with Crippen molar-refractivity contribution in [2.45, 2.75) is 27.7 Å². The second kappa shape index (κ2) is 11.3. The Morgan fingerprint density at radius 3 is 1.43 bits per heavy atom. The summed E-state index contributed by atoms with van der Waals surface area (Å²) < 4.78 is 19.4. The number of rotatable bonds is 8. The van der Waals surface area contributed by atoms with Crippen molar-refractivity contribution in [1.29, 1.82) is 0 Å². The van der Waals surface area contributed by atoms with Crippen molar-refractivity contribution in [3.8, 4) is 0 Å². The maximum atomic E-state index is 12.3. The summed E-state index contributed by atoms with van der Waals surface area (Å²) in [4.78, 5) is 47.6. The minimum Gasteiger partial charge on any atom is -0.463 e. The zero-order valence-electron chi connectivity index (χ0n) is 16.1. The molecule has 8 nitrogen and oxygen atoms in total. The van der Waals surface area contributed by atoms with E-state index in [-0.39, 0.29) is 35.5 Å². The Balaban J connectivity index is 2.92. The number of ether oxygens (including phenoxy) is 4. The molecule has 0 radical (unpaired) electrons. The van der Waals surface area contributed by atoms with Crippen LogP contribution in [0.3, 0.4) is 0 Å². The van der Waals surface area contributed by atoms with Crippen LogP contribution < -0.4 is 0 Å². The van der Waals surface area contributed by atoms with Crippen LogP contribution in [-0.2, 0) is 28.5 Å². The third-order valence-electron chi connectivity index (χ3n) is 3.25. The van der Waals surface area contributed by atoms with E-state index in [9.17, 15) is 19.2 Å². The van der Waals surface area contributed by atoms with Gasteiger partial charge in [-0.3, -0.25) is 0 Å². The van der Waals surface area contributed by atoms with Crippen molar-refractivity contribution < 1.29 is 38.1 Å². The molecule has 0 spiro atoms. The number of benzene rings is 1. The van der Waals surface area contributed by atoms with E-state index in [1.165, 1.54) is 38.1 Å². The first kappa shape index (κ1) is 22.6. The number of carbonyl (C=O) groups is 4. The molecule has 0 aliphatic rings. The van der Waals surface area contributed by atoms with Gasteiger partial charge in [0.2, 0.25) is 0 Å². The topological polar surface area (TPSA) is 105 Å². The largest absolute Gasteiger partial charge is 0.463 e. The van der Waals surface area contributed by atoms with Gasteiger partial charge in [-0.05, 0) is 39.8 Å². The van der Waals surface area contributed by atoms with E-state index < -0.39 is 23.9 Å². The van der Waals surface area contributed by atoms with Crippen LogP contribution in [0.15, 0.2) is 47.9 Å². The second-order valence-corrected chi connectivity index (χ2v) is 5.40. The number of hydrogen-bond donors (Lipinski definition) is 0. The minimum atomic E-state index is -0.859. The normalized spacial score (nSPS) is 11.4. The van der Waals surface area contributed by atoms with Gasteiger partial charge in [0.1, 0.15) is 12.5 Å². The molecule has 1 rings (SSSR count). The van der Waals surface area contributed by atoms with Crippen molar-refractivity contribution in [3.05, 3.63) is 59.1 Å². The Morgan fingerprint density at radius 2 is 1.11 bits per heavy atom. The Bertz CT molecular complexity index is 737. The Kier molecular flexibility index (Phi) is 9.15. The average Bonchev–Trinajstić information content (AvgIpc) is 2.69. The van der Waals surface area contributed by atoms with Gasteiger partial charge in [-0.15, -0.1) is 0 Å². The quantitative estimate of drug-likeness (QED) is 0.289. The van der Waals surface area contributed by atoms with Crippen LogP contribution in [0.5, 0.6) is 0 Å². The smallest absolute Gasteiger partial charge is 0.343 e. The van der Waals surface area contributed by atoms with Gasteiger partial charge in [0.15, 0.2) is 0 Å². The van der Waals surface area contributed by atoms with Gasteiger partial charge in [-0.1, -0.05) is 12.1 Å². The lowest BCUT2D eigenvalue weighted by Crippen LogP contribution is -2.13. The van der Waals surface area contributed by atoms with Crippen LogP contribution in [0.25, 0.3) is 0 Å². The monoisotopic (exact) mass is 390 g/mol. The van der Waals surface area contributed by atoms with E-state index in [0.29, 0.717) is 0 Å². The molecule has 0 aliphatic heterocycles. The van der Waals surface area contributed by atoms with Crippen molar-refractivity contribution in [1.82, 2.24) is 0 Å². The third kappa shape index (κ3) is 6.71. The van der Waals surface area contributed by atoms with Crippen LogP contribution in [0.4, 0.5) is 0 Å². The summed E-state index contributed by atoms with van der Waals surface area (Å²) in [7, 11) is 0. The average molecular weight is 390 g/mol. The SMILES string of the molecule is CCOC(=O)C(C)=COC(=O)c1ccccc1C(=O)OC=C(C)C(=O)OCC. The lowest BCUT2D eigenvalue weighted by atomic mass is 10.1. The summed E-state index contributed by atoms with van der Waals surface area (Å²) in [6, 6.07) is 5.81. The molecule has 0 saturated heterocycles. The van der Waals surface area contributed by atoms with E-state index in [1.807, 2.05) is 0 Å². The molecule has 0 N–H and O–H groups in total. The molecule has 0 aromatic heterocycles. The molecule has 28 heavy (non-hydrogen) atoms. The van der Waals surface area contributed by atoms with Crippen LogP contribution in [0.1, 0.15) is 48.4 Å². The second-order valence-electron chi connectivity index (χ2n) is 5.40. The van der Waals surface area contributed by atoms with Crippen molar-refractivity contribution in [2.75, 3.05) is 13.2 Å². The fourth-order valence-corrected chi connectivity index (χ4v) is 1.84. The summed E-state index contributed by atoms with van der Waals surface area (Å²) in [6.45, 7) is 6.52. The van der Waals surface area contributed by atoms with Gasteiger partial charge in [0.25, 0.3) is 0 Å². The zero-order valence-corrected chi connectivity index (χ0v) is 16.1. The summed E-state index contributed by atoms with van der Waals surface area (Å²) in [5.41, 5.74) is 0.0386. The van der Waals surface area contributed by atoms with Crippen LogP contribution >= 0.6 is 0 Å². The van der Waals surface area contributed by atoms with Crippen LogP contribution in [0, 0.1) is 0 Å². The summed E-state index contributed by atoms with van der Waals surface area (Å²) in [5.74, 6) is -2.96. The molecule has 1 aromatic carbocycles. The van der Waals surface area contributed by atoms with Gasteiger partial charge < -0.3 is 18.9 Å². The van der Waals surface area contributed by atoms with E-state index in [2.05, 4.69) is 0 Å². The first-order valence-corrected chi connectivity index (χ1v) is 8.50. The molecule has 0 amide bonds. The first-order chi connectivity index (χ1) is 13.3. The molecule has 8 heteroatoms. The molecule has 1 aromatic rings. The third-order valence-corrected chi connectivity index (χ3v) is 3.25. The van der Waals surface area contributed by atoms with Gasteiger partial charge in [0, 0.05) is 0 Å². The fourth-order valence-electron chi connectivity index (χ4n) is 1.84. The summed E-state index contributed by atoms with van der Waals surface area (Å²) in [5, 5.41) is 0. The molecule has 0 atom stereocenters. The molecule has 0 aliphatic carbocycles. The number of carbonyl (C=O) groups excluding carboxylic acids is 4. The zero-order chi connectivity index (χ0) is 21.1. The van der Waals surface area contributed by atoms with E-state index in [1.54, 1.807) is 13.8 Å². The molecule has 0 saturated carbocycles. The van der Waals surface area contributed by atoms with E-state index in [0.717, 1.165) is 12.5 Å². The Morgan fingerprint density at radius 1 is 0.750 bits per heavy atom. The van der Waals surface area contributed by atoms with Gasteiger partial charge in [0.05, 0.1) is 35.5 Å². The standard InChI is InChI=1S/C20H22O8/c1-5-25-17(21)13(3)11-27-19(23)15-9-7-8-10-16(15)20(24)28-12-14(4)18(22)26-6-2/h7-12H,5-6H2,1-4H3. The van der Waals surface area contributed by atoms with E-state index >= 15 is 0 Å². The van der Waals surface area contributed by atoms with E-state index in [4.69, 9.17) is 18.9 Å². The number of esters is 4. The molecule has 0 fully saturated rings. The highest BCUT2D eigenvalue weighted by Crippen LogP contribution is 2.13. The van der Waals surface area contributed by atoms with Crippen molar-refractivity contribution >= 4 is 23.9 Å². The molecular formula is C20H22O8. The Labute approximate surface area is 162 Å². The summed E-state index contributed by atoms with van der Waals surface area (Å²) >= 11 is 0. The minimum absolute atomic E-state index is 0.0670. The highest BCUT2D eigenvalue weighted by molar-refractivity contribution is 6.03. The fraction of sp³-hybridized carbons (Fsp3) is 0.300. The lowest BCUT2D eigenvalue weighted by molar-refractivity contribution is -0.139. The van der Waals surface area contributed by atoms with Crippen molar-refractivity contribution in [2.24, 2.45) is 0 Å². The summed E-state index contributed by atoms with van der Waals surface area (Å²) in [6.07, 6.45) is 1.90. The molecule has 0 unspecified atom stereocenters. The molecule has 150 valence electrons. The molecule has 0 heterocycles. The lowest BCUT2D eigenvalue weighted by Gasteiger charge is -2.07. The van der Waals surface area contributed by atoms with Crippen LogP contribution in [-0.4, -0.2) is 37.1 Å². The maximum Gasteiger partial charge on any atom is 0.343 e. The highest BCUT2D eigenvalue weighted by atomic mass is 16.6. The van der Waals surface area contributed by atoms with Gasteiger partial charge in [-0.2, -0.15) is 0 Å². The number of hydrogen-bond acceptors (Lipinski definition) is 8. The van der Waals surface area contributed by atoms with Gasteiger partial charge in [-0.25, -0.2) is 19.2 Å². The van der Waals surface area contributed by atoms with Crippen molar-refractivity contribution in [3.63, 3.8) is 0 Å². The maximum absolute atomic E-state index is 12.3. The Hall–Kier alpha value is -3.42. The van der Waals surface area contributed by atoms with Gasteiger partial charge >= 0.3 is 23.9 Å². The highest BCUT2D eigenvalue weighted by Gasteiger charge is 2.19. The molecule has 0 bridgehead atoms.